The summed E-state index contributed by atoms with van der Waals surface area (Å²) >= 11 is 4.78. The van der Waals surface area contributed by atoms with Gasteiger partial charge in [0.1, 0.15) is 0 Å². The fraction of sp³-hybridized carbons (Fsp3) is 0.167. The van der Waals surface area contributed by atoms with E-state index in [1.807, 2.05) is 30.3 Å². The molecule has 0 radical (unpaired) electrons. The molecule has 1 amide bonds. The third kappa shape index (κ3) is 4.30. The Bertz CT molecular complexity index is 1160. The summed E-state index contributed by atoms with van der Waals surface area (Å²) in [5, 5.41) is 3.45. The molecule has 0 bridgehead atoms. The first-order valence-electron chi connectivity index (χ1n) is 9.78. The lowest BCUT2D eigenvalue weighted by Gasteiger charge is -2.10. The van der Waals surface area contributed by atoms with Crippen LogP contribution in [0.2, 0.25) is 0 Å². The Morgan fingerprint density at radius 2 is 1.80 bits per heavy atom. The van der Waals surface area contributed by atoms with E-state index in [1.54, 1.807) is 0 Å². The van der Waals surface area contributed by atoms with Gasteiger partial charge in [0.15, 0.2) is 5.17 Å². The molecule has 0 saturated carbocycles. The Hall–Kier alpha value is -2.57. The Morgan fingerprint density at radius 3 is 2.47 bits per heavy atom. The third-order valence-corrected chi connectivity index (χ3v) is 6.51. The second-order valence-corrected chi connectivity index (χ2v) is 9.09. The van der Waals surface area contributed by atoms with Gasteiger partial charge in [0.2, 0.25) is 0 Å². The van der Waals surface area contributed by atoms with Crippen molar-refractivity contribution in [3.63, 3.8) is 0 Å². The molecule has 0 unspecified atom stereocenters. The minimum absolute atomic E-state index is 0.118. The summed E-state index contributed by atoms with van der Waals surface area (Å²) in [5.41, 5.74) is 6.53. The smallest absolute Gasteiger partial charge is 0.264 e. The van der Waals surface area contributed by atoms with Crippen LogP contribution in [-0.4, -0.2) is 15.6 Å². The molecule has 6 heteroatoms. The van der Waals surface area contributed by atoms with Gasteiger partial charge in [-0.15, -0.1) is 0 Å². The number of aliphatic imine (C=N–C) groups is 1. The average molecular weight is 480 g/mol. The predicted octanol–water partition coefficient (Wildman–Crippen LogP) is 6.31. The molecule has 2 aromatic carbocycles. The molecule has 30 heavy (non-hydrogen) atoms. The second kappa shape index (κ2) is 8.66. The number of amidine groups is 1. The first kappa shape index (κ1) is 20.7. The number of carbonyl (C=O) groups is 1. The summed E-state index contributed by atoms with van der Waals surface area (Å²) in [4.78, 5) is 17.7. The summed E-state index contributed by atoms with van der Waals surface area (Å²) in [7, 11) is 0. The fourth-order valence-electron chi connectivity index (χ4n) is 3.47. The van der Waals surface area contributed by atoms with Gasteiger partial charge in [0.25, 0.3) is 5.91 Å². The lowest BCUT2D eigenvalue weighted by molar-refractivity contribution is -0.115. The number of benzene rings is 2. The molecule has 1 aliphatic rings. The van der Waals surface area contributed by atoms with Gasteiger partial charge in [-0.3, -0.25) is 4.79 Å². The van der Waals surface area contributed by atoms with Crippen molar-refractivity contribution >= 4 is 50.5 Å². The number of thioether (sulfide) groups is 1. The van der Waals surface area contributed by atoms with Gasteiger partial charge in [-0.2, -0.15) is 0 Å². The monoisotopic (exact) mass is 479 g/mol. The molecule has 0 spiro atoms. The van der Waals surface area contributed by atoms with E-state index in [4.69, 9.17) is 0 Å². The first-order valence-corrected chi connectivity index (χ1v) is 11.4. The standard InChI is InChI=1S/C24H22BrN3OS/c1-4-17-5-11-21(12-6-17)28-15(2)13-18(16(28)3)14-22-23(29)27-24(30-22)26-20-9-7-19(25)8-10-20/h5-14H,4H2,1-3H3,(H,26,27,29)/b22-14-. The number of amides is 1. The normalized spacial score (nSPS) is 16.5. The molecular formula is C24H22BrN3OS. The van der Waals surface area contributed by atoms with Crippen LogP contribution in [0.4, 0.5) is 5.69 Å². The van der Waals surface area contributed by atoms with Crippen LogP contribution >= 0.6 is 27.7 Å². The minimum atomic E-state index is -0.118. The molecule has 1 aromatic heterocycles. The highest BCUT2D eigenvalue weighted by Crippen LogP contribution is 2.31. The number of nitrogens with zero attached hydrogens (tertiary/aromatic N) is 2. The Balaban J connectivity index is 1.61. The van der Waals surface area contributed by atoms with Crippen LogP contribution in [0.15, 0.2) is 69.0 Å². The molecule has 1 N–H and O–H groups in total. The van der Waals surface area contributed by atoms with E-state index in [0.29, 0.717) is 10.1 Å². The fourth-order valence-corrected chi connectivity index (χ4v) is 4.56. The molecule has 1 aliphatic heterocycles. The lowest BCUT2D eigenvalue weighted by atomic mass is 10.1. The van der Waals surface area contributed by atoms with Crippen LogP contribution in [0.3, 0.4) is 0 Å². The number of aryl methyl sites for hydroxylation is 2. The van der Waals surface area contributed by atoms with Gasteiger partial charge in [-0.25, -0.2) is 4.99 Å². The Kier molecular flexibility index (Phi) is 5.97. The van der Waals surface area contributed by atoms with Gasteiger partial charge >= 0.3 is 0 Å². The van der Waals surface area contributed by atoms with E-state index < -0.39 is 0 Å². The molecule has 3 aromatic rings. The number of carbonyl (C=O) groups excluding carboxylic acids is 1. The van der Waals surface area contributed by atoms with E-state index in [2.05, 4.69) is 81.9 Å². The molecule has 4 rings (SSSR count). The van der Waals surface area contributed by atoms with Crippen molar-refractivity contribution in [2.45, 2.75) is 27.2 Å². The van der Waals surface area contributed by atoms with Crippen LogP contribution in [0.5, 0.6) is 0 Å². The van der Waals surface area contributed by atoms with Gasteiger partial charge in [-0.05, 0) is 91.7 Å². The predicted molar refractivity (Wildman–Crippen MR) is 130 cm³/mol. The Morgan fingerprint density at radius 1 is 1.10 bits per heavy atom. The number of halogens is 1. The summed E-state index contributed by atoms with van der Waals surface area (Å²) < 4.78 is 3.22. The minimum Gasteiger partial charge on any atom is -0.318 e. The lowest BCUT2D eigenvalue weighted by Crippen LogP contribution is -2.19. The maximum absolute atomic E-state index is 12.5. The highest BCUT2D eigenvalue weighted by atomic mass is 79.9. The van der Waals surface area contributed by atoms with Crippen LogP contribution in [0, 0.1) is 13.8 Å². The first-order chi connectivity index (χ1) is 14.4. The van der Waals surface area contributed by atoms with E-state index in [-0.39, 0.29) is 5.91 Å². The molecule has 152 valence electrons. The van der Waals surface area contributed by atoms with E-state index >= 15 is 0 Å². The maximum Gasteiger partial charge on any atom is 0.264 e. The topological polar surface area (TPSA) is 46.4 Å². The van der Waals surface area contributed by atoms with Crippen molar-refractivity contribution in [2.75, 3.05) is 0 Å². The van der Waals surface area contributed by atoms with Crippen LogP contribution in [0.25, 0.3) is 11.8 Å². The van der Waals surface area contributed by atoms with Gasteiger partial charge in [0.05, 0.1) is 10.6 Å². The summed E-state index contributed by atoms with van der Waals surface area (Å²) in [6, 6.07) is 18.4. The number of hydrogen-bond acceptors (Lipinski definition) is 3. The van der Waals surface area contributed by atoms with Crippen molar-refractivity contribution in [3.8, 4) is 5.69 Å². The molecule has 0 atom stereocenters. The van der Waals surface area contributed by atoms with Gasteiger partial charge < -0.3 is 9.88 Å². The van der Waals surface area contributed by atoms with Crippen molar-refractivity contribution in [1.29, 1.82) is 0 Å². The van der Waals surface area contributed by atoms with E-state index in [1.165, 1.54) is 17.3 Å². The summed E-state index contributed by atoms with van der Waals surface area (Å²) in [6.07, 6.45) is 2.97. The van der Waals surface area contributed by atoms with Gasteiger partial charge in [0, 0.05) is 21.5 Å². The largest absolute Gasteiger partial charge is 0.318 e. The third-order valence-electron chi connectivity index (χ3n) is 5.07. The van der Waals surface area contributed by atoms with Gasteiger partial charge in [-0.1, -0.05) is 35.0 Å². The molecule has 2 heterocycles. The molecular weight excluding hydrogens is 458 g/mol. The van der Waals surface area contributed by atoms with Crippen molar-refractivity contribution in [3.05, 3.63) is 86.5 Å². The SMILES string of the molecule is CCc1ccc(-n2c(C)cc(/C=C3\SC(=Nc4ccc(Br)cc4)NC3=O)c2C)cc1. The number of hydrogen-bond donors (Lipinski definition) is 1. The van der Waals surface area contributed by atoms with Crippen molar-refractivity contribution in [2.24, 2.45) is 4.99 Å². The van der Waals surface area contributed by atoms with Crippen molar-refractivity contribution in [1.82, 2.24) is 9.88 Å². The highest BCUT2D eigenvalue weighted by molar-refractivity contribution is 9.10. The summed E-state index contributed by atoms with van der Waals surface area (Å²) in [6.45, 7) is 6.33. The summed E-state index contributed by atoms with van der Waals surface area (Å²) in [5.74, 6) is -0.118. The number of nitrogens with one attached hydrogen (secondary N) is 1. The van der Waals surface area contributed by atoms with Crippen LogP contribution in [0.1, 0.15) is 29.4 Å². The van der Waals surface area contributed by atoms with E-state index in [9.17, 15) is 4.79 Å². The molecule has 1 fully saturated rings. The average Bonchev–Trinajstić information content (AvgIpc) is 3.22. The van der Waals surface area contributed by atoms with Crippen molar-refractivity contribution < 1.29 is 4.79 Å². The molecule has 1 saturated heterocycles. The zero-order chi connectivity index (χ0) is 21.3. The highest BCUT2D eigenvalue weighted by Gasteiger charge is 2.24. The maximum atomic E-state index is 12.5. The molecule has 0 aliphatic carbocycles. The quantitative estimate of drug-likeness (QED) is 0.445. The molecule has 4 nitrogen and oxygen atoms in total. The zero-order valence-corrected chi connectivity index (χ0v) is 19.5. The zero-order valence-electron chi connectivity index (χ0n) is 17.1. The second-order valence-electron chi connectivity index (χ2n) is 7.14. The van der Waals surface area contributed by atoms with E-state index in [0.717, 1.165) is 39.2 Å². The van der Waals surface area contributed by atoms with Crippen LogP contribution in [-0.2, 0) is 11.2 Å². The number of aromatic nitrogens is 1. The van der Waals surface area contributed by atoms with Crippen LogP contribution < -0.4 is 5.32 Å². The number of rotatable bonds is 4. The Labute approximate surface area is 189 Å².